The Morgan fingerprint density at radius 2 is 2.80 bits per heavy atom. The molecule has 5 heavy (non-hydrogen) atoms. The zero-order valence-electron chi connectivity index (χ0n) is 5.90. The second-order valence-corrected chi connectivity index (χ2v) is 0.959. The van der Waals surface area contributed by atoms with Gasteiger partial charge in [0, 0.05) is 14.5 Å². The van der Waals surface area contributed by atoms with Gasteiger partial charge < -0.3 is 4.74 Å². The minimum absolute atomic E-state index is 0.390. The Morgan fingerprint density at radius 3 is 3.00 bits per heavy atom. The molecule has 1 nitrogen and oxygen atoms in total. The molecule has 1 unspecified atom stereocenters. The molecule has 30 valence electrons. The highest BCUT2D eigenvalue weighted by Crippen LogP contribution is 1.98. The first-order valence-electron chi connectivity index (χ1n) is 3.27. The van der Waals surface area contributed by atoms with Gasteiger partial charge in [0.1, 0.15) is 0 Å². The average Bonchev–Trinajstić information content (AvgIpc) is 1.86. The van der Waals surface area contributed by atoms with Gasteiger partial charge in [0.15, 0.2) is 0 Å². The minimum atomic E-state index is -1.68. The van der Waals surface area contributed by atoms with Crippen molar-refractivity contribution in [3.05, 3.63) is 0 Å². The maximum absolute atomic E-state index is 7.03. The first-order valence-corrected chi connectivity index (χ1v) is 1.69. The standard InChI is InChI=1S/C4H8O/c1-2-4-5-3-1/h1-4H2/i1D,3D2. The molecule has 1 rings (SSSR count). The lowest BCUT2D eigenvalue weighted by Gasteiger charge is -1.76. The van der Waals surface area contributed by atoms with Crippen molar-refractivity contribution in [2.24, 2.45) is 0 Å². The average molecular weight is 75.1 g/mol. The molecule has 1 aliphatic heterocycles. The molecule has 0 aromatic rings. The van der Waals surface area contributed by atoms with Gasteiger partial charge in [-0.15, -0.1) is 0 Å². The van der Waals surface area contributed by atoms with Gasteiger partial charge in [0.05, 0.1) is 2.74 Å². The van der Waals surface area contributed by atoms with Crippen molar-refractivity contribution in [2.45, 2.75) is 12.8 Å². The van der Waals surface area contributed by atoms with E-state index in [9.17, 15) is 0 Å². The van der Waals surface area contributed by atoms with Gasteiger partial charge in [0.2, 0.25) is 0 Å². The molecule has 0 N–H and O–H groups in total. The van der Waals surface area contributed by atoms with E-state index in [1.807, 2.05) is 0 Å². The third kappa shape index (κ3) is 0.618. The maximum Gasteiger partial charge on any atom is 0.0567 e. The summed E-state index contributed by atoms with van der Waals surface area (Å²) < 4.78 is 25.5. The van der Waals surface area contributed by atoms with Crippen molar-refractivity contribution in [3.63, 3.8) is 0 Å². The summed E-state index contributed by atoms with van der Waals surface area (Å²) in [4.78, 5) is 0. The van der Waals surface area contributed by atoms with Crippen LogP contribution in [0.2, 0.25) is 0 Å². The van der Waals surface area contributed by atoms with Crippen molar-refractivity contribution >= 4 is 0 Å². The molecule has 0 saturated carbocycles. The van der Waals surface area contributed by atoms with Gasteiger partial charge in [-0.25, -0.2) is 0 Å². The lowest BCUT2D eigenvalue weighted by atomic mass is 10.4. The van der Waals surface area contributed by atoms with Crippen LogP contribution in [0.4, 0.5) is 0 Å². The quantitative estimate of drug-likeness (QED) is 0.413. The van der Waals surface area contributed by atoms with Gasteiger partial charge in [-0.1, -0.05) is 0 Å². The minimum Gasteiger partial charge on any atom is -0.381 e. The third-order valence-electron chi connectivity index (χ3n) is 0.531. The fraction of sp³-hybridized carbons (Fsp3) is 1.00. The molecule has 0 aromatic heterocycles. The fourth-order valence-electron chi connectivity index (χ4n) is 0.295. The van der Waals surface area contributed by atoms with Crippen LogP contribution in [0.1, 0.15) is 16.9 Å². The van der Waals surface area contributed by atoms with Gasteiger partial charge in [-0.05, 0) is 12.8 Å². The van der Waals surface area contributed by atoms with E-state index in [-0.39, 0.29) is 0 Å². The van der Waals surface area contributed by atoms with Crippen molar-refractivity contribution < 1.29 is 8.85 Å². The Hall–Kier alpha value is -0.0400. The SMILES string of the molecule is [2H]C1CCOC1([2H])[2H]. The number of ether oxygens (including phenoxy) is 1. The summed E-state index contributed by atoms with van der Waals surface area (Å²) in [7, 11) is 0. The molecule has 1 heteroatoms. The Kier molecular flexibility index (Phi) is 0.346. The molecule has 1 heterocycles. The maximum atomic E-state index is 7.03. The van der Waals surface area contributed by atoms with Gasteiger partial charge in [-0.2, -0.15) is 0 Å². The van der Waals surface area contributed by atoms with Crippen LogP contribution in [0.25, 0.3) is 0 Å². The fourth-order valence-corrected chi connectivity index (χ4v) is 0.295. The van der Waals surface area contributed by atoms with E-state index in [0.717, 1.165) is 0 Å². The zero-order valence-corrected chi connectivity index (χ0v) is 2.90. The van der Waals surface area contributed by atoms with Crippen LogP contribution < -0.4 is 0 Å². The Balaban J connectivity index is 2.54. The van der Waals surface area contributed by atoms with Crippen molar-refractivity contribution in [3.8, 4) is 0 Å². The van der Waals surface area contributed by atoms with Crippen LogP contribution in [0.5, 0.6) is 0 Å². The summed E-state index contributed by atoms with van der Waals surface area (Å²) in [5.41, 5.74) is 0. The molecular weight excluding hydrogens is 64.0 g/mol. The van der Waals surface area contributed by atoms with Crippen LogP contribution in [0.3, 0.4) is 0 Å². The summed E-state index contributed by atoms with van der Waals surface area (Å²) in [5.74, 6) is 0. The van der Waals surface area contributed by atoms with Crippen LogP contribution in [0.15, 0.2) is 0 Å². The summed E-state index contributed by atoms with van der Waals surface area (Å²) in [6.07, 6.45) is -0.157. The molecule has 0 aromatic carbocycles. The summed E-state index contributed by atoms with van der Waals surface area (Å²) in [5, 5.41) is 0. The smallest absolute Gasteiger partial charge is 0.0567 e. The first kappa shape index (κ1) is 1.23. The van der Waals surface area contributed by atoms with Crippen LogP contribution in [-0.4, -0.2) is 13.2 Å². The van der Waals surface area contributed by atoms with Crippen LogP contribution in [0, 0.1) is 0 Å². The highest BCUT2D eigenvalue weighted by molar-refractivity contribution is 4.43. The largest absolute Gasteiger partial charge is 0.381 e. The van der Waals surface area contributed by atoms with Crippen molar-refractivity contribution in [1.29, 1.82) is 0 Å². The van der Waals surface area contributed by atoms with E-state index in [4.69, 9.17) is 4.11 Å². The molecule has 0 spiro atoms. The van der Waals surface area contributed by atoms with E-state index in [2.05, 4.69) is 4.74 Å². The topological polar surface area (TPSA) is 9.23 Å². The predicted molar refractivity (Wildman–Crippen MR) is 20.1 cm³/mol. The second-order valence-electron chi connectivity index (χ2n) is 0.959. The van der Waals surface area contributed by atoms with Crippen LogP contribution >= 0.6 is 0 Å². The molecule has 0 aliphatic carbocycles. The van der Waals surface area contributed by atoms with Crippen molar-refractivity contribution in [1.82, 2.24) is 0 Å². The number of hydrogen-bond donors (Lipinski definition) is 0. The predicted octanol–water partition coefficient (Wildman–Crippen LogP) is 0.797. The zero-order chi connectivity index (χ0) is 6.20. The highest BCUT2D eigenvalue weighted by Gasteiger charge is 1.94. The Morgan fingerprint density at radius 1 is 1.80 bits per heavy atom. The lowest BCUT2D eigenvalue weighted by Crippen LogP contribution is -1.74. The molecule has 0 bridgehead atoms. The highest BCUT2D eigenvalue weighted by atomic mass is 16.5. The third-order valence-corrected chi connectivity index (χ3v) is 0.531. The van der Waals surface area contributed by atoms with E-state index in [1.165, 1.54) is 0 Å². The second kappa shape index (κ2) is 1.41. The molecule has 0 radical (unpaired) electrons. The van der Waals surface area contributed by atoms with E-state index in [0.29, 0.717) is 13.0 Å². The Bertz CT molecular complexity index is 93.3. The van der Waals surface area contributed by atoms with Crippen LogP contribution in [-0.2, 0) is 4.74 Å². The number of rotatable bonds is 0. The van der Waals surface area contributed by atoms with E-state index >= 15 is 0 Å². The molecule has 1 fully saturated rings. The summed E-state index contributed by atoms with van der Waals surface area (Å²) in [6, 6.07) is 0. The number of hydrogen-bond acceptors (Lipinski definition) is 1. The summed E-state index contributed by atoms with van der Waals surface area (Å²) >= 11 is 0. The summed E-state index contributed by atoms with van der Waals surface area (Å²) in [6.45, 7) is -1.29. The molecule has 1 aliphatic rings. The molecule has 1 saturated heterocycles. The van der Waals surface area contributed by atoms with Gasteiger partial charge in [-0.3, -0.25) is 0 Å². The Labute approximate surface area is 36.2 Å². The molecule has 0 amide bonds. The molecule has 1 atom stereocenters. The van der Waals surface area contributed by atoms with Crippen molar-refractivity contribution in [2.75, 3.05) is 13.2 Å². The lowest BCUT2D eigenvalue weighted by molar-refractivity contribution is 0.198. The van der Waals surface area contributed by atoms with E-state index in [1.54, 1.807) is 0 Å². The normalized spacial score (nSPS) is 57.6. The molecular formula is C4H8O. The van der Waals surface area contributed by atoms with Gasteiger partial charge >= 0.3 is 0 Å². The first-order chi connectivity index (χ1) is 3.63. The monoisotopic (exact) mass is 75.1 g/mol. The van der Waals surface area contributed by atoms with Gasteiger partial charge in [0.25, 0.3) is 0 Å². The van der Waals surface area contributed by atoms with E-state index < -0.39 is 13.0 Å².